The predicted octanol–water partition coefficient (Wildman–Crippen LogP) is 12.3. The minimum atomic E-state index is 1.07. The average molecular weight is 607 g/mol. The molecule has 0 saturated heterocycles. The first-order chi connectivity index (χ1) is 22.7. The SMILES string of the molecule is C=C/C(=C\c1c(C)sc2ccccc12)n1c2ccccc2c2cc(-c3ccc4c(c3)c3ccccc3n4-c3ccccc3)ccc21. The molecule has 0 amide bonds. The van der Waals surface area contributed by atoms with Crippen LogP contribution in [0.2, 0.25) is 0 Å². The second-order valence-corrected chi connectivity index (χ2v) is 13.1. The van der Waals surface area contributed by atoms with E-state index < -0.39 is 0 Å². The molecule has 0 unspecified atom stereocenters. The van der Waals surface area contributed by atoms with Crippen molar-refractivity contribution in [3.8, 4) is 16.8 Å². The summed E-state index contributed by atoms with van der Waals surface area (Å²) >= 11 is 1.85. The van der Waals surface area contributed by atoms with Crippen LogP contribution in [0.4, 0.5) is 0 Å². The third-order valence-corrected chi connectivity index (χ3v) is 10.4. The average Bonchev–Trinajstić information content (AvgIpc) is 3.73. The van der Waals surface area contributed by atoms with Gasteiger partial charge in [0.2, 0.25) is 0 Å². The van der Waals surface area contributed by atoms with Gasteiger partial charge in [-0.15, -0.1) is 11.3 Å². The summed E-state index contributed by atoms with van der Waals surface area (Å²) in [5, 5.41) is 6.28. The Labute approximate surface area is 271 Å². The number of hydrogen-bond acceptors (Lipinski definition) is 1. The van der Waals surface area contributed by atoms with E-state index in [-0.39, 0.29) is 0 Å². The zero-order valence-corrected chi connectivity index (χ0v) is 26.3. The lowest BCUT2D eigenvalue weighted by Gasteiger charge is -2.10. The van der Waals surface area contributed by atoms with E-state index in [1.165, 1.54) is 81.0 Å². The molecule has 6 aromatic carbocycles. The summed E-state index contributed by atoms with van der Waals surface area (Å²) < 4.78 is 6.04. The fourth-order valence-corrected chi connectivity index (χ4v) is 8.21. The van der Waals surface area contributed by atoms with Crippen LogP contribution in [0.5, 0.6) is 0 Å². The lowest BCUT2D eigenvalue weighted by Crippen LogP contribution is -1.94. The minimum absolute atomic E-state index is 1.07. The predicted molar refractivity (Wildman–Crippen MR) is 200 cm³/mol. The molecular weight excluding hydrogens is 577 g/mol. The Hall–Kier alpha value is -5.64. The topological polar surface area (TPSA) is 9.86 Å². The molecule has 3 heterocycles. The van der Waals surface area contributed by atoms with Crippen LogP contribution in [-0.4, -0.2) is 9.13 Å². The third kappa shape index (κ3) is 4.02. The van der Waals surface area contributed by atoms with Gasteiger partial charge in [0.05, 0.1) is 22.1 Å². The molecule has 218 valence electrons. The summed E-state index contributed by atoms with van der Waals surface area (Å²) in [7, 11) is 0. The molecule has 2 nitrogen and oxygen atoms in total. The van der Waals surface area contributed by atoms with E-state index in [1.807, 2.05) is 17.4 Å². The van der Waals surface area contributed by atoms with Crippen molar-refractivity contribution in [2.75, 3.05) is 0 Å². The lowest BCUT2D eigenvalue weighted by atomic mass is 10.0. The highest BCUT2D eigenvalue weighted by molar-refractivity contribution is 7.19. The van der Waals surface area contributed by atoms with Crippen LogP contribution in [0.3, 0.4) is 0 Å². The molecule has 0 bridgehead atoms. The van der Waals surface area contributed by atoms with E-state index in [9.17, 15) is 0 Å². The number of nitrogens with zero attached hydrogens (tertiary/aromatic N) is 2. The molecule has 46 heavy (non-hydrogen) atoms. The van der Waals surface area contributed by atoms with Crippen LogP contribution in [0.1, 0.15) is 10.4 Å². The van der Waals surface area contributed by atoms with Crippen LogP contribution in [-0.2, 0) is 0 Å². The van der Waals surface area contributed by atoms with Crippen LogP contribution in [0, 0.1) is 6.92 Å². The van der Waals surface area contributed by atoms with Crippen LogP contribution in [0.15, 0.2) is 152 Å². The molecule has 0 aliphatic carbocycles. The van der Waals surface area contributed by atoms with Gasteiger partial charge in [0.15, 0.2) is 0 Å². The number of aryl methyl sites for hydroxylation is 1. The molecule has 9 rings (SSSR count). The summed E-state index contributed by atoms with van der Waals surface area (Å²) in [6.07, 6.45) is 4.29. The largest absolute Gasteiger partial charge is 0.309 e. The highest BCUT2D eigenvalue weighted by atomic mass is 32.1. The molecule has 0 fully saturated rings. The molecule has 0 saturated carbocycles. The Morgan fingerprint density at radius 1 is 0.565 bits per heavy atom. The molecule has 0 radical (unpaired) electrons. The standard InChI is InChI=1S/C43H30N2S/c1-3-31(27-36-28(2)46-43-20-12-9-17-35(36)43)44-39-18-10-7-15-33(39)37-25-29(21-23-41(37)44)30-22-24-42-38(26-30)34-16-8-11-19-40(34)45(42)32-13-5-4-6-14-32/h3-27H,1H2,2H3/b31-27+. The number of aromatic nitrogens is 2. The Morgan fingerprint density at radius 2 is 1.11 bits per heavy atom. The summed E-state index contributed by atoms with van der Waals surface area (Å²) in [5.74, 6) is 0. The van der Waals surface area contributed by atoms with Gasteiger partial charge in [0.25, 0.3) is 0 Å². The Bertz CT molecular complexity index is 2660. The second-order valence-electron chi connectivity index (χ2n) is 11.8. The van der Waals surface area contributed by atoms with E-state index in [0.717, 1.165) is 5.70 Å². The van der Waals surface area contributed by atoms with Crippen molar-refractivity contribution in [2.45, 2.75) is 6.92 Å². The van der Waals surface area contributed by atoms with Crippen molar-refractivity contribution >= 4 is 76.8 Å². The van der Waals surface area contributed by atoms with Crippen molar-refractivity contribution in [2.24, 2.45) is 0 Å². The van der Waals surface area contributed by atoms with Gasteiger partial charge in [0.1, 0.15) is 0 Å². The normalized spacial score (nSPS) is 12.2. The van der Waals surface area contributed by atoms with E-state index in [4.69, 9.17) is 0 Å². The quantitative estimate of drug-likeness (QED) is 0.173. The maximum absolute atomic E-state index is 4.28. The summed E-state index contributed by atoms with van der Waals surface area (Å²) in [6, 6.07) is 50.5. The molecule has 0 N–H and O–H groups in total. The number of allylic oxidation sites excluding steroid dienone is 2. The van der Waals surface area contributed by atoms with Gasteiger partial charge in [-0.1, -0.05) is 91.5 Å². The van der Waals surface area contributed by atoms with Crippen LogP contribution in [0.25, 0.3) is 82.3 Å². The summed E-state index contributed by atoms with van der Waals surface area (Å²) in [6.45, 7) is 6.49. The zero-order chi connectivity index (χ0) is 30.8. The Balaban J connectivity index is 1.24. The zero-order valence-electron chi connectivity index (χ0n) is 25.4. The number of thiophene rings is 1. The minimum Gasteiger partial charge on any atom is -0.309 e. The number of para-hydroxylation sites is 3. The van der Waals surface area contributed by atoms with Gasteiger partial charge in [0, 0.05) is 47.9 Å². The highest BCUT2D eigenvalue weighted by Crippen LogP contribution is 2.39. The first-order valence-electron chi connectivity index (χ1n) is 15.6. The monoisotopic (exact) mass is 606 g/mol. The van der Waals surface area contributed by atoms with Gasteiger partial charge >= 0.3 is 0 Å². The molecule has 3 heteroatoms. The maximum atomic E-state index is 4.28. The van der Waals surface area contributed by atoms with Crippen molar-refractivity contribution in [3.05, 3.63) is 163 Å². The number of hydrogen-bond donors (Lipinski definition) is 0. The number of fused-ring (bicyclic) bond motifs is 7. The maximum Gasteiger partial charge on any atom is 0.0541 e. The van der Waals surface area contributed by atoms with Crippen molar-refractivity contribution in [3.63, 3.8) is 0 Å². The fraction of sp³-hybridized carbons (Fsp3) is 0.0233. The van der Waals surface area contributed by atoms with Gasteiger partial charge in [-0.3, -0.25) is 0 Å². The first-order valence-corrected chi connectivity index (χ1v) is 16.5. The van der Waals surface area contributed by atoms with E-state index >= 15 is 0 Å². The lowest BCUT2D eigenvalue weighted by molar-refractivity contribution is 1.18. The van der Waals surface area contributed by atoms with Crippen LogP contribution >= 0.6 is 11.3 Å². The van der Waals surface area contributed by atoms with Gasteiger partial charge in [-0.05, 0) is 90.4 Å². The molecule has 0 aliphatic rings. The Morgan fingerprint density at radius 3 is 1.85 bits per heavy atom. The third-order valence-electron chi connectivity index (χ3n) is 9.27. The van der Waals surface area contributed by atoms with E-state index in [1.54, 1.807) is 0 Å². The second kappa shape index (κ2) is 10.5. The molecular formula is C43H30N2S. The molecule has 0 spiro atoms. The highest BCUT2D eigenvalue weighted by Gasteiger charge is 2.17. The Kier molecular flexibility index (Phi) is 6.09. The van der Waals surface area contributed by atoms with E-state index in [2.05, 4.69) is 168 Å². The molecule has 0 atom stereocenters. The van der Waals surface area contributed by atoms with Crippen molar-refractivity contribution in [1.29, 1.82) is 0 Å². The summed E-state index contributed by atoms with van der Waals surface area (Å²) in [5.41, 5.74) is 10.7. The molecule has 0 aliphatic heterocycles. The first kappa shape index (κ1) is 26.7. The molecule has 9 aromatic rings. The van der Waals surface area contributed by atoms with Crippen LogP contribution < -0.4 is 0 Å². The molecule has 3 aromatic heterocycles. The number of benzene rings is 6. The van der Waals surface area contributed by atoms with Gasteiger partial charge < -0.3 is 9.13 Å². The van der Waals surface area contributed by atoms with Crippen molar-refractivity contribution in [1.82, 2.24) is 9.13 Å². The fourth-order valence-electron chi connectivity index (χ4n) is 7.17. The van der Waals surface area contributed by atoms with Gasteiger partial charge in [-0.25, -0.2) is 0 Å². The van der Waals surface area contributed by atoms with Gasteiger partial charge in [-0.2, -0.15) is 0 Å². The van der Waals surface area contributed by atoms with Crippen molar-refractivity contribution < 1.29 is 0 Å². The smallest absolute Gasteiger partial charge is 0.0541 e. The summed E-state index contributed by atoms with van der Waals surface area (Å²) in [4.78, 5) is 1.31. The number of rotatable bonds is 5. The van der Waals surface area contributed by atoms with E-state index in [0.29, 0.717) is 0 Å².